The highest BCUT2D eigenvalue weighted by Crippen LogP contribution is 2.22. The van der Waals surface area contributed by atoms with E-state index in [4.69, 9.17) is 4.98 Å². The monoisotopic (exact) mass is 372 g/mol. The number of nitrogens with zero attached hydrogens (tertiary/aromatic N) is 3. The second kappa shape index (κ2) is 7.32. The van der Waals surface area contributed by atoms with E-state index in [9.17, 15) is 8.42 Å². The highest BCUT2D eigenvalue weighted by Gasteiger charge is 2.29. The van der Waals surface area contributed by atoms with Gasteiger partial charge in [-0.25, -0.2) is 18.4 Å². The summed E-state index contributed by atoms with van der Waals surface area (Å²) in [4.78, 5) is 11.4. The average Bonchev–Trinajstić information content (AvgIpc) is 3.13. The van der Waals surface area contributed by atoms with Crippen LogP contribution in [0.3, 0.4) is 0 Å². The van der Waals surface area contributed by atoms with E-state index in [0.29, 0.717) is 23.6 Å². The molecule has 1 unspecified atom stereocenters. The highest BCUT2D eigenvalue weighted by atomic mass is 32.2. The molecule has 0 spiro atoms. The van der Waals surface area contributed by atoms with E-state index in [1.165, 1.54) is 0 Å². The number of benzene rings is 1. The number of nitrogens with one attached hydrogen (secondary N) is 1. The van der Waals surface area contributed by atoms with Gasteiger partial charge in [0, 0.05) is 36.9 Å². The molecule has 26 heavy (non-hydrogen) atoms. The van der Waals surface area contributed by atoms with Crippen LogP contribution in [0.15, 0.2) is 42.6 Å². The molecule has 6 nitrogen and oxygen atoms in total. The zero-order valence-corrected chi connectivity index (χ0v) is 15.5. The quantitative estimate of drug-likeness (QED) is 0.883. The predicted octanol–water partition coefficient (Wildman–Crippen LogP) is 1.89. The van der Waals surface area contributed by atoms with Gasteiger partial charge < -0.3 is 10.2 Å². The summed E-state index contributed by atoms with van der Waals surface area (Å²) in [6.45, 7) is 1.78. The lowest BCUT2D eigenvalue weighted by molar-refractivity contribution is 0.414. The fraction of sp³-hybridized carbons (Fsp3) is 0.474. The molecular formula is C19H24N4O2S. The number of sulfone groups is 1. The summed E-state index contributed by atoms with van der Waals surface area (Å²) in [6.07, 6.45) is 4.29. The van der Waals surface area contributed by atoms with E-state index in [2.05, 4.69) is 27.3 Å². The third-order valence-electron chi connectivity index (χ3n) is 5.21. The van der Waals surface area contributed by atoms with Gasteiger partial charge in [0.05, 0.1) is 17.2 Å². The fourth-order valence-electron chi connectivity index (χ4n) is 3.74. The van der Waals surface area contributed by atoms with E-state index in [0.717, 1.165) is 49.6 Å². The molecule has 1 aromatic carbocycles. The van der Waals surface area contributed by atoms with E-state index in [1.807, 2.05) is 30.5 Å². The predicted molar refractivity (Wildman–Crippen MR) is 103 cm³/mol. The van der Waals surface area contributed by atoms with Gasteiger partial charge in [-0.05, 0) is 25.3 Å². The van der Waals surface area contributed by atoms with Gasteiger partial charge in [-0.1, -0.05) is 30.3 Å². The van der Waals surface area contributed by atoms with E-state index >= 15 is 0 Å². The Kier molecular flexibility index (Phi) is 4.91. The number of aromatic nitrogens is 2. The van der Waals surface area contributed by atoms with Gasteiger partial charge in [-0.15, -0.1) is 0 Å². The Morgan fingerprint density at radius 1 is 1.00 bits per heavy atom. The largest absolute Gasteiger partial charge is 0.339 e. The molecule has 3 heterocycles. The van der Waals surface area contributed by atoms with Crippen LogP contribution in [0.4, 0.5) is 5.95 Å². The van der Waals surface area contributed by atoms with Gasteiger partial charge in [0.15, 0.2) is 0 Å². The van der Waals surface area contributed by atoms with Crippen LogP contribution in [0.5, 0.6) is 0 Å². The zero-order chi connectivity index (χ0) is 18.0. The maximum absolute atomic E-state index is 11.6. The third kappa shape index (κ3) is 4.04. The van der Waals surface area contributed by atoms with Crippen molar-refractivity contribution >= 4 is 15.8 Å². The van der Waals surface area contributed by atoms with Crippen molar-refractivity contribution in [3.05, 3.63) is 42.6 Å². The van der Waals surface area contributed by atoms with Gasteiger partial charge in [0.2, 0.25) is 5.95 Å². The standard InChI is InChI=1S/C19H24N4O2S/c24-26(25)12-8-16(9-13-26)21-17-7-11-23(14-17)19-20-10-6-18(22-19)15-4-2-1-3-5-15/h1-6,10,16-17,21H,7-9,11-14H2. The van der Waals surface area contributed by atoms with Crippen LogP contribution >= 0.6 is 0 Å². The first kappa shape index (κ1) is 17.4. The average molecular weight is 372 g/mol. The Balaban J connectivity index is 1.38. The smallest absolute Gasteiger partial charge is 0.225 e. The summed E-state index contributed by atoms with van der Waals surface area (Å²) < 4.78 is 23.1. The molecule has 0 saturated carbocycles. The molecule has 2 saturated heterocycles. The van der Waals surface area contributed by atoms with Gasteiger partial charge >= 0.3 is 0 Å². The summed E-state index contributed by atoms with van der Waals surface area (Å²) in [6, 6.07) is 12.7. The van der Waals surface area contributed by atoms with E-state index in [-0.39, 0.29) is 0 Å². The molecular weight excluding hydrogens is 348 g/mol. The van der Waals surface area contributed by atoms with Crippen molar-refractivity contribution in [1.29, 1.82) is 0 Å². The second-order valence-corrected chi connectivity index (χ2v) is 9.44. The zero-order valence-electron chi connectivity index (χ0n) is 14.7. The SMILES string of the molecule is O=S1(=O)CCC(NC2CCN(c3nccc(-c4ccccc4)n3)C2)CC1. The van der Waals surface area contributed by atoms with Crippen LogP contribution in [0.2, 0.25) is 0 Å². The van der Waals surface area contributed by atoms with Crippen LogP contribution in [-0.4, -0.2) is 55.1 Å². The summed E-state index contributed by atoms with van der Waals surface area (Å²) in [5, 5.41) is 3.64. The minimum Gasteiger partial charge on any atom is -0.339 e. The van der Waals surface area contributed by atoms with Crippen molar-refractivity contribution in [1.82, 2.24) is 15.3 Å². The summed E-state index contributed by atoms with van der Waals surface area (Å²) in [7, 11) is -2.80. The van der Waals surface area contributed by atoms with Gasteiger partial charge in [0.1, 0.15) is 9.84 Å². The number of hydrogen-bond donors (Lipinski definition) is 1. The summed E-state index contributed by atoms with van der Waals surface area (Å²) >= 11 is 0. The Bertz CT molecular complexity index is 843. The lowest BCUT2D eigenvalue weighted by atomic mass is 10.1. The lowest BCUT2D eigenvalue weighted by Gasteiger charge is -2.26. The van der Waals surface area contributed by atoms with Crippen LogP contribution in [0.1, 0.15) is 19.3 Å². The van der Waals surface area contributed by atoms with Gasteiger partial charge in [0.25, 0.3) is 0 Å². The Hall–Kier alpha value is -1.99. The third-order valence-corrected chi connectivity index (χ3v) is 6.92. The normalized spacial score (nSPS) is 23.2. The van der Waals surface area contributed by atoms with E-state index in [1.54, 1.807) is 0 Å². The lowest BCUT2D eigenvalue weighted by Crippen LogP contribution is -2.44. The topological polar surface area (TPSA) is 75.2 Å². The highest BCUT2D eigenvalue weighted by molar-refractivity contribution is 7.91. The Labute approximate surface area is 154 Å². The summed E-state index contributed by atoms with van der Waals surface area (Å²) in [5.41, 5.74) is 2.03. The second-order valence-electron chi connectivity index (χ2n) is 7.13. The van der Waals surface area contributed by atoms with Gasteiger partial charge in [-0.3, -0.25) is 0 Å². The van der Waals surface area contributed by atoms with E-state index < -0.39 is 9.84 Å². The molecule has 2 aliphatic rings. The van der Waals surface area contributed by atoms with Crippen molar-refractivity contribution in [2.45, 2.75) is 31.3 Å². The maximum Gasteiger partial charge on any atom is 0.225 e. The molecule has 0 radical (unpaired) electrons. The van der Waals surface area contributed by atoms with Crippen molar-refractivity contribution < 1.29 is 8.42 Å². The van der Waals surface area contributed by atoms with Gasteiger partial charge in [-0.2, -0.15) is 0 Å². The number of rotatable bonds is 4. The molecule has 138 valence electrons. The molecule has 1 aromatic heterocycles. The molecule has 2 fully saturated rings. The van der Waals surface area contributed by atoms with Crippen LogP contribution in [-0.2, 0) is 9.84 Å². The van der Waals surface area contributed by atoms with Crippen LogP contribution < -0.4 is 10.2 Å². The molecule has 0 bridgehead atoms. The minimum atomic E-state index is -2.80. The molecule has 0 amide bonds. The molecule has 1 atom stereocenters. The minimum absolute atomic E-state index is 0.306. The molecule has 0 aliphatic carbocycles. The molecule has 2 aliphatic heterocycles. The maximum atomic E-state index is 11.6. The first-order chi connectivity index (χ1) is 12.6. The van der Waals surface area contributed by atoms with Crippen molar-refractivity contribution in [3.8, 4) is 11.3 Å². The molecule has 2 aromatic rings. The molecule has 1 N–H and O–H groups in total. The van der Waals surface area contributed by atoms with Crippen LogP contribution in [0, 0.1) is 0 Å². The molecule has 7 heteroatoms. The Morgan fingerprint density at radius 2 is 1.77 bits per heavy atom. The Morgan fingerprint density at radius 3 is 2.54 bits per heavy atom. The fourth-order valence-corrected chi connectivity index (χ4v) is 5.23. The van der Waals surface area contributed by atoms with Crippen molar-refractivity contribution in [3.63, 3.8) is 0 Å². The van der Waals surface area contributed by atoms with Crippen molar-refractivity contribution in [2.24, 2.45) is 0 Å². The number of hydrogen-bond acceptors (Lipinski definition) is 6. The molecule has 4 rings (SSSR count). The van der Waals surface area contributed by atoms with Crippen molar-refractivity contribution in [2.75, 3.05) is 29.5 Å². The first-order valence-corrected chi connectivity index (χ1v) is 11.0. The summed E-state index contributed by atoms with van der Waals surface area (Å²) in [5.74, 6) is 1.38. The first-order valence-electron chi connectivity index (χ1n) is 9.19. The number of anilines is 1. The van der Waals surface area contributed by atoms with Crippen LogP contribution in [0.25, 0.3) is 11.3 Å².